The molecule has 1 rings (SSSR count). The minimum absolute atomic E-state index is 0.0182. The van der Waals surface area contributed by atoms with Gasteiger partial charge in [-0.15, -0.1) is 0 Å². The molecule has 0 aliphatic carbocycles. The van der Waals surface area contributed by atoms with Gasteiger partial charge in [0.2, 0.25) is 0 Å². The number of nitrogens with one attached hydrogen (secondary N) is 1. The van der Waals surface area contributed by atoms with Crippen LogP contribution in [0.1, 0.15) is 103 Å². The van der Waals surface area contributed by atoms with Gasteiger partial charge in [0.1, 0.15) is 0 Å². The molecular formula is C19H37NO2. The molecule has 130 valence electrons. The zero-order valence-electron chi connectivity index (χ0n) is 14.7. The molecule has 1 saturated heterocycles. The van der Waals surface area contributed by atoms with E-state index in [1.807, 2.05) is 0 Å². The molecule has 0 spiro atoms. The molecule has 0 bridgehead atoms. The monoisotopic (exact) mass is 311 g/mol. The number of unbranched alkanes of at least 4 members (excludes halogenated alkanes) is 10. The van der Waals surface area contributed by atoms with Crippen LogP contribution >= 0.6 is 0 Å². The third-order valence-corrected chi connectivity index (χ3v) is 4.52. The third kappa shape index (κ3) is 11.1. The van der Waals surface area contributed by atoms with Crippen LogP contribution in [0.15, 0.2) is 0 Å². The molecule has 1 heterocycles. The van der Waals surface area contributed by atoms with Crippen LogP contribution in [0.25, 0.3) is 0 Å². The first kappa shape index (κ1) is 19.5. The zero-order valence-corrected chi connectivity index (χ0v) is 14.7. The smallest absolute Gasteiger partial charge is 0.307 e. The quantitative estimate of drug-likeness (QED) is 0.369. The highest BCUT2D eigenvalue weighted by Crippen LogP contribution is 2.13. The van der Waals surface area contributed by atoms with Crippen molar-refractivity contribution < 1.29 is 9.53 Å². The van der Waals surface area contributed by atoms with Crippen molar-refractivity contribution in [1.82, 2.24) is 5.32 Å². The zero-order chi connectivity index (χ0) is 15.9. The van der Waals surface area contributed by atoms with Crippen molar-refractivity contribution >= 4 is 5.97 Å². The maximum absolute atomic E-state index is 11.7. The van der Waals surface area contributed by atoms with Gasteiger partial charge in [0, 0.05) is 6.42 Å². The second-order valence-electron chi connectivity index (χ2n) is 6.71. The van der Waals surface area contributed by atoms with Gasteiger partial charge in [-0.1, -0.05) is 71.1 Å². The maximum Gasteiger partial charge on any atom is 0.307 e. The number of rotatable bonds is 13. The van der Waals surface area contributed by atoms with E-state index in [0.717, 1.165) is 19.4 Å². The summed E-state index contributed by atoms with van der Waals surface area (Å²) in [6, 6.07) is 0. The summed E-state index contributed by atoms with van der Waals surface area (Å²) in [4.78, 5) is 11.7. The van der Waals surface area contributed by atoms with Crippen molar-refractivity contribution in [1.29, 1.82) is 0 Å². The van der Waals surface area contributed by atoms with E-state index < -0.39 is 0 Å². The van der Waals surface area contributed by atoms with E-state index in [0.29, 0.717) is 6.42 Å². The summed E-state index contributed by atoms with van der Waals surface area (Å²) in [5, 5.41) is 3.25. The number of hydrogen-bond acceptors (Lipinski definition) is 3. The lowest BCUT2D eigenvalue weighted by atomic mass is 10.1. The summed E-state index contributed by atoms with van der Waals surface area (Å²) < 4.78 is 5.43. The molecule has 1 atom stereocenters. The fourth-order valence-corrected chi connectivity index (χ4v) is 3.07. The Labute approximate surface area is 137 Å². The second-order valence-corrected chi connectivity index (χ2v) is 6.71. The van der Waals surface area contributed by atoms with Gasteiger partial charge in [0.25, 0.3) is 0 Å². The lowest BCUT2D eigenvalue weighted by Crippen LogP contribution is -2.37. The lowest BCUT2D eigenvalue weighted by Gasteiger charge is -2.23. The highest BCUT2D eigenvalue weighted by atomic mass is 16.6. The molecule has 3 nitrogen and oxygen atoms in total. The molecular weight excluding hydrogens is 274 g/mol. The van der Waals surface area contributed by atoms with Crippen LogP contribution in [0.3, 0.4) is 0 Å². The Bertz CT molecular complexity index is 262. The molecule has 1 aliphatic rings. The normalized spacial score (nSPS) is 18.3. The van der Waals surface area contributed by atoms with E-state index in [4.69, 9.17) is 4.74 Å². The average molecular weight is 312 g/mol. The Hall–Kier alpha value is -0.570. The lowest BCUT2D eigenvalue weighted by molar-refractivity contribution is -0.152. The topological polar surface area (TPSA) is 38.3 Å². The fraction of sp³-hybridized carbons (Fsp3) is 0.947. The Kier molecular flexibility index (Phi) is 12.4. The van der Waals surface area contributed by atoms with Crippen molar-refractivity contribution in [3.8, 4) is 0 Å². The van der Waals surface area contributed by atoms with Crippen LogP contribution in [0.2, 0.25) is 0 Å². The van der Waals surface area contributed by atoms with Crippen LogP contribution in [0.4, 0.5) is 0 Å². The first-order valence-corrected chi connectivity index (χ1v) is 9.76. The largest absolute Gasteiger partial charge is 0.447 e. The van der Waals surface area contributed by atoms with Crippen molar-refractivity contribution in [2.75, 3.05) is 6.54 Å². The second kappa shape index (κ2) is 14.0. The molecule has 1 aliphatic heterocycles. The Balaban J connectivity index is 1.79. The maximum atomic E-state index is 11.7. The molecule has 0 radical (unpaired) electrons. The van der Waals surface area contributed by atoms with E-state index >= 15 is 0 Å². The van der Waals surface area contributed by atoms with Gasteiger partial charge < -0.3 is 4.74 Å². The van der Waals surface area contributed by atoms with Gasteiger partial charge in [-0.3, -0.25) is 10.1 Å². The van der Waals surface area contributed by atoms with Gasteiger partial charge >= 0.3 is 5.97 Å². The van der Waals surface area contributed by atoms with E-state index in [1.165, 1.54) is 77.0 Å². The summed E-state index contributed by atoms with van der Waals surface area (Å²) in [6.45, 7) is 3.25. The van der Waals surface area contributed by atoms with Gasteiger partial charge in [-0.05, 0) is 32.2 Å². The summed E-state index contributed by atoms with van der Waals surface area (Å²) in [7, 11) is 0. The van der Waals surface area contributed by atoms with Crippen LogP contribution in [-0.4, -0.2) is 18.7 Å². The number of piperidine rings is 1. The molecule has 1 unspecified atom stereocenters. The minimum atomic E-state index is -0.0195. The molecule has 0 aromatic rings. The Morgan fingerprint density at radius 2 is 1.50 bits per heavy atom. The predicted molar refractivity (Wildman–Crippen MR) is 92.8 cm³/mol. The Morgan fingerprint density at radius 3 is 2.05 bits per heavy atom. The van der Waals surface area contributed by atoms with E-state index in [-0.39, 0.29) is 12.2 Å². The van der Waals surface area contributed by atoms with Gasteiger partial charge in [0.15, 0.2) is 6.23 Å². The van der Waals surface area contributed by atoms with Crippen molar-refractivity contribution in [3.63, 3.8) is 0 Å². The van der Waals surface area contributed by atoms with Gasteiger partial charge in [0.05, 0.1) is 0 Å². The van der Waals surface area contributed by atoms with Crippen LogP contribution < -0.4 is 5.32 Å². The summed E-state index contributed by atoms with van der Waals surface area (Å²) in [6.07, 6.45) is 18.4. The van der Waals surface area contributed by atoms with Crippen LogP contribution in [0.5, 0.6) is 0 Å². The van der Waals surface area contributed by atoms with Crippen molar-refractivity contribution in [2.45, 2.75) is 109 Å². The average Bonchev–Trinajstić information content (AvgIpc) is 2.53. The molecule has 1 fully saturated rings. The highest BCUT2D eigenvalue weighted by Gasteiger charge is 2.16. The molecule has 0 aromatic heterocycles. The molecule has 1 N–H and O–H groups in total. The van der Waals surface area contributed by atoms with E-state index in [1.54, 1.807) is 0 Å². The first-order valence-electron chi connectivity index (χ1n) is 9.76. The van der Waals surface area contributed by atoms with Gasteiger partial charge in [-0.2, -0.15) is 0 Å². The SMILES string of the molecule is CCCCCCCCCCCCCC(=O)OC1CCCCN1. The van der Waals surface area contributed by atoms with E-state index in [2.05, 4.69) is 12.2 Å². The van der Waals surface area contributed by atoms with Crippen molar-refractivity contribution in [2.24, 2.45) is 0 Å². The standard InChI is InChI=1S/C19H37NO2/c1-2-3-4-5-6-7-8-9-10-11-12-16-19(21)22-18-15-13-14-17-20-18/h18,20H,2-17H2,1H3. The van der Waals surface area contributed by atoms with Gasteiger partial charge in [-0.25, -0.2) is 0 Å². The number of esters is 1. The van der Waals surface area contributed by atoms with Crippen LogP contribution in [0, 0.1) is 0 Å². The minimum Gasteiger partial charge on any atom is -0.447 e. The summed E-state index contributed by atoms with van der Waals surface area (Å²) in [5.41, 5.74) is 0. The molecule has 22 heavy (non-hydrogen) atoms. The van der Waals surface area contributed by atoms with Crippen molar-refractivity contribution in [3.05, 3.63) is 0 Å². The third-order valence-electron chi connectivity index (χ3n) is 4.52. The molecule has 0 saturated carbocycles. The molecule has 0 aromatic carbocycles. The number of carbonyl (C=O) groups is 1. The Morgan fingerprint density at radius 1 is 0.909 bits per heavy atom. The molecule has 3 heteroatoms. The number of carbonyl (C=O) groups excluding carboxylic acids is 1. The molecule has 0 amide bonds. The number of hydrogen-bond donors (Lipinski definition) is 1. The summed E-state index contributed by atoms with van der Waals surface area (Å²) >= 11 is 0. The predicted octanol–water partition coefficient (Wildman–Crippen LogP) is 5.33. The van der Waals surface area contributed by atoms with E-state index in [9.17, 15) is 4.79 Å². The number of ether oxygens (including phenoxy) is 1. The first-order chi connectivity index (χ1) is 10.8. The summed E-state index contributed by atoms with van der Waals surface area (Å²) in [5.74, 6) is -0.0182. The van der Waals surface area contributed by atoms with Crippen LogP contribution in [-0.2, 0) is 9.53 Å². The highest BCUT2D eigenvalue weighted by molar-refractivity contribution is 5.69. The fourth-order valence-electron chi connectivity index (χ4n) is 3.07.